The maximum absolute atomic E-state index is 14.0. The summed E-state index contributed by atoms with van der Waals surface area (Å²) >= 11 is 3.18. The third-order valence-corrected chi connectivity index (χ3v) is 4.08. The normalized spacial score (nSPS) is 15.5. The predicted molar refractivity (Wildman–Crippen MR) is 92.0 cm³/mol. The predicted octanol–water partition coefficient (Wildman–Crippen LogP) is 2.91. The lowest BCUT2D eigenvalue weighted by molar-refractivity contribution is -0.143. The van der Waals surface area contributed by atoms with Crippen LogP contribution in [-0.2, 0) is 14.3 Å². The van der Waals surface area contributed by atoms with Crippen LogP contribution in [-0.4, -0.2) is 36.5 Å². The number of methoxy groups -OCH3 is 1. The lowest BCUT2D eigenvalue weighted by atomic mass is 10.1. The zero-order valence-electron chi connectivity index (χ0n) is 13.4. The van der Waals surface area contributed by atoms with E-state index in [9.17, 15) is 18.8 Å². The molecule has 134 valence electrons. The van der Waals surface area contributed by atoms with E-state index in [0.29, 0.717) is 4.47 Å². The molecule has 0 radical (unpaired) electrons. The molecule has 1 aliphatic rings. The van der Waals surface area contributed by atoms with Crippen LogP contribution in [0, 0.1) is 5.82 Å². The Balaban J connectivity index is 1.83. The zero-order valence-corrected chi connectivity index (χ0v) is 15.0. The van der Waals surface area contributed by atoms with Crippen molar-refractivity contribution in [3.8, 4) is 11.3 Å². The van der Waals surface area contributed by atoms with Crippen molar-refractivity contribution in [2.45, 2.75) is 0 Å². The third kappa shape index (κ3) is 3.52. The van der Waals surface area contributed by atoms with Crippen LogP contribution >= 0.6 is 15.9 Å². The number of imide groups is 1. The monoisotopic (exact) mass is 422 g/mol. The number of rotatable bonds is 4. The highest BCUT2D eigenvalue weighted by Gasteiger charge is 2.35. The van der Waals surface area contributed by atoms with Crippen molar-refractivity contribution in [2.75, 3.05) is 13.7 Å². The minimum Gasteiger partial charge on any atom is -0.468 e. The van der Waals surface area contributed by atoms with Gasteiger partial charge in [0.25, 0.3) is 5.91 Å². The van der Waals surface area contributed by atoms with Gasteiger partial charge in [0, 0.05) is 10.5 Å². The van der Waals surface area contributed by atoms with Gasteiger partial charge in [0.15, 0.2) is 0 Å². The Labute approximate surface area is 155 Å². The fraction of sp³-hybridized carbons (Fsp3) is 0.118. The van der Waals surface area contributed by atoms with Crippen LogP contribution in [0.1, 0.15) is 5.76 Å². The third-order valence-electron chi connectivity index (χ3n) is 3.59. The number of hydrogen-bond acceptors (Lipinski definition) is 5. The largest absolute Gasteiger partial charge is 0.468 e. The summed E-state index contributed by atoms with van der Waals surface area (Å²) in [5, 5.41) is 2.35. The van der Waals surface area contributed by atoms with Crippen LogP contribution in [0.25, 0.3) is 17.4 Å². The molecule has 1 saturated heterocycles. The van der Waals surface area contributed by atoms with Gasteiger partial charge >= 0.3 is 12.0 Å². The maximum atomic E-state index is 14.0. The summed E-state index contributed by atoms with van der Waals surface area (Å²) in [7, 11) is 1.16. The number of furan rings is 1. The molecule has 1 aromatic heterocycles. The van der Waals surface area contributed by atoms with Crippen molar-refractivity contribution < 1.29 is 27.9 Å². The zero-order chi connectivity index (χ0) is 18.8. The number of nitrogens with zero attached hydrogens (tertiary/aromatic N) is 1. The van der Waals surface area contributed by atoms with Gasteiger partial charge in [-0.05, 0) is 30.3 Å². The molecule has 0 atom stereocenters. The number of amides is 3. The van der Waals surface area contributed by atoms with Gasteiger partial charge in [-0.25, -0.2) is 14.1 Å². The topological polar surface area (TPSA) is 88.8 Å². The first-order valence-electron chi connectivity index (χ1n) is 7.35. The molecule has 2 aromatic rings. The minimum atomic E-state index is -0.739. The number of esters is 1. The van der Waals surface area contributed by atoms with Crippen molar-refractivity contribution >= 4 is 39.9 Å². The number of urea groups is 1. The molecule has 26 heavy (non-hydrogen) atoms. The quantitative estimate of drug-likeness (QED) is 0.464. The van der Waals surface area contributed by atoms with Gasteiger partial charge in [0.05, 0.1) is 12.7 Å². The smallest absolute Gasteiger partial charge is 0.329 e. The molecule has 0 aliphatic carbocycles. The maximum Gasteiger partial charge on any atom is 0.329 e. The van der Waals surface area contributed by atoms with Gasteiger partial charge in [-0.2, -0.15) is 0 Å². The number of nitrogens with one attached hydrogen (secondary N) is 1. The minimum absolute atomic E-state index is 0.0592. The van der Waals surface area contributed by atoms with Crippen LogP contribution in [0.2, 0.25) is 0 Å². The average Bonchev–Trinajstić information content (AvgIpc) is 3.15. The molecule has 1 aromatic carbocycles. The molecule has 1 N–H and O–H groups in total. The summed E-state index contributed by atoms with van der Waals surface area (Å²) in [6, 6.07) is 6.87. The number of hydrogen-bond donors (Lipinski definition) is 1. The molecule has 0 bridgehead atoms. The lowest BCUT2D eigenvalue weighted by Crippen LogP contribution is -2.36. The van der Waals surface area contributed by atoms with Gasteiger partial charge in [-0.3, -0.25) is 9.59 Å². The Morgan fingerprint density at radius 2 is 2.12 bits per heavy atom. The number of halogens is 2. The molecule has 7 nitrogen and oxygen atoms in total. The van der Waals surface area contributed by atoms with Gasteiger partial charge in [-0.1, -0.05) is 15.9 Å². The first-order valence-corrected chi connectivity index (χ1v) is 8.15. The number of ether oxygens (including phenoxy) is 1. The molecule has 0 saturated carbocycles. The van der Waals surface area contributed by atoms with Gasteiger partial charge in [0.1, 0.15) is 29.6 Å². The molecule has 3 rings (SSSR count). The van der Waals surface area contributed by atoms with Gasteiger partial charge in [0.2, 0.25) is 0 Å². The molecule has 3 amide bonds. The van der Waals surface area contributed by atoms with Crippen molar-refractivity contribution in [3.63, 3.8) is 0 Å². The Hall–Kier alpha value is -2.94. The van der Waals surface area contributed by atoms with Crippen molar-refractivity contribution in [3.05, 3.63) is 52.1 Å². The summed E-state index contributed by atoms with van der Waals surface area (Å²) in [6.45, 7) is -0.494. The van der Waals surface area contributed by atoms with E-state index in [0.717, 1.165) is 12.0 Å². The molecule has 2 heterocycles. The summed E-state index contributed by atoms with van der Waals surface area (Å²) < 4.78 is 24.6. The average molecular weight is 423 g/mol. The van der Waals surface area contributed by atoms with Crippen LogP contribution in [0.15, 0.2) is 44.9 Å². The Morgan fingerprint density at radius 3 is 2.81 bits per heavy atom. The van der Waals surface area contributed by atoms with E-state index >= 15 is 0 Å². The molecular weight excluding hydrogens is 411 g/mol. The fourth-order valence-electron chi connectivity index (χ4n) is 2.32. The molecule has 0 spiro atoms. The number of carbonyl (C=O) groups excluding carboxylic acids is 3. The highest BCUT2D eigenvalue weighted by Crippen LogP contribution is 2.28. The van der Waals surface area contributed by atoms with Gasteiger partial charge < -0.3 is 14.5 Å². The van der Waals surface area contributed by atoms with E-state index < -0.39 is 30.3 Å². The van der Waals surface area contributed by atoms with E-state index in [4.69, 9.17) is 4.42 Å². The van der Waals surface area contributed by atoms with E-state index in [1.807, 2.05) is 0 Å². The highest BCUT2D eigenvalue weighted by atomic mass is 79.9. The second-order valence-electron chi connectivity index (χ2n) is 5.28. The SMILES string of the molecule is COC(=O)CN1C(=O)N/C(=C/c2ccc(-c3ccc(Br)cc3F)o2)C1=O. The second-order valence-corrected chi connectivity index (χ2v) is 6.20. The molecule has 1 aliphatic heterocycles. The van der Waals surface area contributed by atoms with Crippen molar-refractivity contribution in [1.29, 1.82) is 0 Å². The summed E-state index contributed by atoms with van der Waals surface area (Å²) in [5.41, 5.74) is 0.197. The van der Waals surface area contributed by atoms with E-state index in [2.05, 4.69) is 26.0 Å². The molecule has 1 fully saturated rings. The van der Waals surface area contributed by atoms with E-state index in [1.165, 1.54) is 18.2 Å². The van der Waals surface area contributed by atoms with Crippen LogP contribution in [0.3, 0.4) is 0 Å². The van der Waals surface area contributed by atoms with Crippen LogP contribution in [0.4, 0.5) is 9.18 Å². The first-order chi connectivity index (χ1) is 12.4. The van der Waals surface area contributed by atoms with Crippen LogP contribution < -0.4 is 5.32 Å². The number of benzene rings is 1. The van der Waals surface area contributed by atoms with E-state index in [1.54, 1.807) is 18.2 Å². The van der Waals surface area contributed by atoms with E-state index in [-0.39, 0.29) is 22.8 Å². The fourth-order valence-corrected chi connectivity index (χ4v) is 2.65. The standard InChI is InChI=1S/C17H12BrFN2O5/c1-25-15(22)8-21-16(23)13(20-17(21)24)7-10-3-5-14(26-10)11-4-2-9(18)6-12(11)19/h2-7H,8H2,1H3,(H,20,24)/b13-7+. The number of carbonyl (C=O) groups is 3. The Morgan fingerprint density at radius 1 is 1.35 bits per heavy atom. The summed E-state index contributed by atoms with van der Waals surface area (Å²) in [5.74, 6) is -1.37. The Kier molecular flexibility index (Phi) is 4.90. The molecular formula is C17H12BrFN2O5. The highest BCUT2D eigenvalue weighted by molar-refractivity contribution is 9.10. The van der Waals surface area contributed by atoms with Crippen molar-refractivity contribution in [1.82, 2.24) is 10.2 Å². The second kappa shape index (κ2) is 7.12. The Bertz CT molecular complexity index is 937. The first kappa shape index (κ1) is 17.9. The molecule has 0 unspecified atom stereocenters. The summed E-state index contributed by atoms with van der Waals surface area (Å²) in [6.07, 6.45) is 1.30. The molecule has 9 heteroatoms. The van der Waals surface area contributed by atoms with Gasteiger partial charge in [-0.15, -0.1) is 0 Å². The lowest BCUT2D eigenvalue weighted by Gasteiger charge is -2.08. The van der Waals surface area contributed by atoms with Crippen molar-refractivity contribution in [2.24, 2.45) is 0 Å². The summed E-state index contributed by atoms with van der Waals surface area (Å²) in [4.78, 5) is 36.0. The van der Waals surface area contributed by atoms with Crippen LogP contribution in [0.5, 0.6) is 0 Å².